The van der Waals surface area contributed by atoms with Crippen LogP contribution in [0.4, 0.5) is 4.39 Å². The number of halogens is 1. The number of benzene rings is 1. The molecule has 0 fully saturated rings. The minimum absolute atomic E-state index is 0.125. The molecule has 0 aliphatic heterocycles. The summed E-state index contributed by atoms with van der Waals surface area (Å²) in [5.41, 5.74) is 8.52. The summed E-state index contributed by atoms with van der Waals surface area (Å²) in [6.07, 6.45) is 4.34. The molecule has 3 heterocycles. The largest absolute Gasteiger partial charge is 0.453 e. The summed E-state index contributed by atoms with van der Waals surface area (Å²) in [4.78, 5) is 11.6. The Kier molecular flexibility index (Phi) is 5.73. The van der Waals surface area contributed by atoms with Gasteiger partial charge in [0.05, 0.1) is 18.0 Å². The Bertz CT molecular complexity index is 1160. The molecule has 4 aromatic rings. The average Bonchev–Trinajstić information content (AvgIpc) is 3.36. The maximum atomic E-state index is 14.7. The van der Waals surface area contributed by atoms with Crippen LogP contribution in [0.25, 0.3) is 11.0 Å². The van der Waals surface area contributed by atoms with Crippen molar-refractivity contribution in [1.29, 1.82) is 0 Å². The molecule has 1 atom stereocenters. The Morgan fingerprint density at radius 2 is 2.13 bits per heavy atom. The molecule has 0 spiro atoms. The third-order valence-electron chi connectivity index (χ3n) is 4.74. The topological polar surface area (TPSA) is 112 Å². The molecule has 3 aromatic heterocycles. The molecule has 0 aliphatic rings. The number of nitrogens with zero attached hydrogens (tertiary/aromatic N) is 3. The van der Waals surface area contributed by atoms with Crippen LogP contribution in [-0.2, 0) is 17.6 Å². The predicted molar refractivity (Wildman–Crippen MR) is 108 cm³/mol. The van der Waals surface area contributed by atoms with Crippen LogP contribution in [0.2, 0.25) is 0 Å². The van der Waals surface area contributed by atoms with E-state index in [1.165, 1.54) is 6.07 Å². The quantitative estimate of drug-likeness (QED) is 0.455. The monoisotopic (exact) mass is 411 g/mol. The molecule has 0 amide bonds. The zero-order chi connectivity index (χ0) is 21.1. The van der Waals surface area contributed by atoms with Gasteiger partial charge in [0.1, 0.15) is 11.4 Å². The highest BCUT2D eigenvalue weighted by Crippen LogP contribution is 2.32. The summed E-state index contributed by atoms with van der Waals surface area (Å²) < 4.78 is 30.7. The number of ether oxygens (including phenoxy) is 2. The van der Waals surface area contributed by atoms with E-state index in [4.69, 9.17) is 19.7 Å². The maximum absolute atomic E-state index is 14.7. The van der Waals surface area contributed by atoms with Gasteiger partial charge in [-0.3, -0.25) is 0 Å². The van der Waals surface area contributed by atoms with Crippen molar-refractivity contribution in [3.63, 3.8) is 0 Å². The summed E-state index contributed by atoms with van der Waals surface area (Å²) in [5, 5.41) is 4.70. The van der Waals surface area contributed by atoms with E-state index >= 15 is 0 Å². The molecule has 1 unspecified atom stereocenters. The van der Waals surface area contributed by atoms with Crippen LogP contribution < -0.4 is 10.5 Å². The lowest BCUT2D eigenvalue weighted by Gasteiger charge is -2.11. The van der Waals surface area contributed by atoms with Crippen molar-refractivity contribution in [2.45, 2.75) is 25.8 Å². The standard InChI is InChI=1S/C21H22FN5O3/c1-12-11-25-20-19(12)17(5-7-24-20)29-16-4-3-13(9-14(16)22)10-15(23)21-26-18(27-30-21)6-8-28-2/h3-5,7,9,11,15H,6,8,10,23H2,1-2H3,(H,24,25). The van der Waals surface area contributed by atoms with Gasteiger partial charge in [0.2, 0.25) is 5.89 Å². The van der Waals surface area contributed by atoms with Crippen LogP contribution >= 0.6 is 0 Å². The molecule has 30 heavy (non-hydrogen) atoms. The molecule has 0 bridgehead atoms. The van der Waals surface area contributed by atoms with E-state index in [1.807, 2.05) is 13.1 Å². The Balaban J connectivity index is 1.47. The summed E-state index contributed by atoms with van der Waals surface area (Å²) in [7, 11) is 1.60. The lowest BCUT2D eigenvalue weighted by Crippen LogP contribution is -2.14. The third-order valence-corrected chi connectivity index (χ3v) is 4.74. The molecule has 3 N–H and O–H groups in total. The Morgan fingerprint density at radius 3 is 2.93 bits per heavy atom. The smallest absolute Gasteiger partial charge is 0.243 e. The molecule has 0 saturated carbocycles. The first-order chi connectivity index (χ1) is 14.5. The highest BCUT2D eigenvalue weighted by Gasteiger charge is 2.17. The van der Waals surface area contributed by atoms with Crippen molar-refractivity contribution < 1.29 is 18.4 Å². The van der Waals surface area contributed by atoms with Gasteiger partial charge in [-0.05, 0) is 42.7 Å². The fourth-order valence-electron chi connectivity index (χ4n) is 3.20. The summed E-state index contributed by atoms with van der Waals surface area (Å²) in [6.45, 7) is 2.43. The van der Waals surface area contributed by atoms with E-state index in [0.717, 1.165) is 10.9 Å². The number of nitrogens with two attached hydrogens (primary N) is 1. The summed E-state index contributed by atoms with van der Waals surface area (Å²) >= 11 is 0. The molecule has 8 nitrogen and oxygen atoms in total. The van der Waals surface area contributed by atoms with Gasteiger partial charge in [-0.25, -0.2) is 9.37 Å². The molecular weight excluding hydrogens is 389 g/mol. The van der Waals surface area contributed by atoms with Gasteiger partial charge in [0, 0.05) is 25.9 Å². The number of rotatable bonds is 8. The van der Waals surface area contributed by atoms with Gasteiger partial charge in [-0.2, -0.15) is 4.98 Å². The first kappa shape index (κ1) is 20.0. The third kappa shape index (κ3) is 4.17. The lowest BCUT2D eigenvalue weighted by atomic mass is 10.1. The summed E-state index contributed by atoms with van der Waals surface area (Å²) in [5.74, 6) is 1.02. The maximum Gasteiger partial charge on any atom is 0.243 e. The van der Waals surface area contributed by atoms with E-state index in [1.54, 1.807) is 31.5 Å². The van der Waals surface area contributed by atoms with Gasteiger partial charge in [0.25, 0.3) is 0 Å². The number of aromatic amines is 1. The number of aromatic nitrogens is 4. The Morgan fingerprint density at radius 1 is 1.27 bits per heavy atom. The minimum Gasteiger partial charge on any atom is -0.453 e. The molecule has 1 aromatic carbocycles. The lowest BCUT2D eigenvalue weighted by molar-refractivity contribution is 0.199. The van der Waals surface area contributed by atoms with Crippen LogP contribution in [-0.4, -0.2) is 33.8 Å². The normalized spacial score (nSPS) is 12.4. The Labute approximate surface area is 172 Å². The van der Waals surface area contributed by atoms with Crippen LogP contribution in [0.3, 0.4) is 0 Å². The Hall–Kier alpha value is -3.30. The summed E-state index contributed by atoms with van der Waals surface area (Å²) in [6, 6.07) is 5.93. The van der Waals surface area contributed by atoms with Crippen molar-refractivity contribution in [1.82, 2.24) is 20.1 Å². The minimum atomic E-state index is -0.540. The number of methoxy groups -OCH3 is 1. The molecule has 9 heteroatoms. The van der Waals surface area contributed by atoms with Gasteiger partial charge in [0.15, 0.2) is 17.4 Å². The highest BCUT2D eigenvalue weighted by molar-refractivity contribution is 5.86. The fraction of sp³-hybridized carbons (Fsp3) is 0.286. The first-order valence-electron chi connectivity index (χ1n) is 9.51. The SMILES string of the molecule is COCCc1noc(C(N)Cc2ccc(Oc3ccnc4[nH]cc(C)c34)c(F)c2)n1. The second kappa shape index (κ2) is 8.60. The fourth-order valence-corrected chi connectivity index (χ4v) is 3.20. The van der Waals surface area contributed by atoms with Crippen molar-refractivity contribution in [3.05, 3.63) is 65.3 Å². The second-order valence-electron chi connectivity index (χ2n) is 6.97. The number of hydrogen-bond acceptors (Lipinski definition) is 7. The highest BCUT2D eigenvalue weighted by atomic mass is 19.1. The number of hydrogen-bond donors (Lipinski definition) is 2. The number of H-pyrrole nitrogens is 1. The van der Waals surface area contributed by atoms with Gasteiger partial charge >= 0.3 is 0 Å². The van der Waals surface area contributed by atoms with Crippen LogP contribution in [0, 0.1) is 12.7 Å². The molecule has 156 valence electrons. The first-order valence-corrected chi connectivity index (χ1v) is 9.51. The van der Waals surface area contributed by atoms with Crippen LogP contribution in [0.5, 0.6) is 11.5 Å². The van der Waals surface area contributed by atoms with Gasteiger partial charge in [-0.15, -0.1) is 0 Å². The van der Waals surface area contributed by atoms with E-state index in [0.29, 0.717) is 48.1 Å². The second-order valence-corrected chi connectivity index (χ2v) is 6.97. The van der Waals surface area contributed by atoms with Crippen molar-refractivity contribution in [3.8, 4) is 11.5 Å². The number of aryl methyl sites for hydroxylation is 1. The molecule has 0 saturated heterocycles. The van der Waals surface area contributed by atoms with E-state index in [9.17, 15) is 4.39 Å². The molecule has 4 rings (SSSR count). The van der Waals surface area contributed by atoms with Gasteiger partial charge in [-0.1, -0.05) is 11.2 Å². The van der Waals surface area contributed by atoms with Crippen molar-refractivity contribution >= 4 is 11.0 Å². The van der Waals surface area contributed by atoms with E-state index < -0.39 is 11.9 Å². The number of fused-ring (bicyclic) bond motifs is 1. The van der Waals surface area contributed by atoms with Crippen molar-refractivity contribution in [2.75, 3.05) is 13.7 Å². The average molecular weight is 411 g/mol. The van der Waals surface area contributed by atoms with E-state index in [2.05, 4.69) is 20.1 Å². The van der Waals surface area contributed by atoms with Crippen molar-refractivity contribution in [2.24, 2.45) is 5.73 Å². The molecular formula is C21H22FN5O3. The molecule has 0 radical (unpaired) electrons. The predicted octanol–water partition coefficient (Wildman–Crippen LogP) is 3.62. The van der Waals surface area contributed by atoms with Crippen LogP contribution in [0.1, 0.15) is 28.9 Å². The zero-order valence-corrected chi connectivity index (χ0v) is 16.7. The van der Waals surface area contributed by atoms with E-state index in [-0.39, 0.29) is 5.75 Å². The van der Waals surface area contributed by atoms with Crippen LogP contribution in [0.15, 0.2) is 41.2 Å². The van der Waals surface area contributed by atoms with Gasteiger partial charge < -0.3 is 24.7 Å². The molecule has 0 aliphatic carbocycles. The number of pyridine rings is 1. The zero-order valence-electron chi connectivity index (χ0n) is 16.7. The number of nitrogens with one attached hydrogen (secondary N) is 1.